The van der Waals surface area contributed by atoms with E-state index in [0.717, 1.165) is 11.3 Å². The average molecular weight is 253 g/mol. The van der Waals surface area contributed by atoms with E-state index in [1.54, 1.807) is 43.5 Å². The van der Waals surface area contributed by atoms with Gasteiger partial charge in [-0.25, -0.2) is 0 Å². The summed E-state index contributed by atoms with van der Waals surface area (Å²) in [5, 5.41) is 0. The minimum absolute atomic E-state index is 0.0455. The standard InChI is InChI=1S/C16H15NO2/c1-19-15-9-2-12(3-10-15)4-11-16(18)13-5-7-14(17)8-6-13/h2-11H,17H2,1H3/b11-4-. The Morgan fingerprint density at radius 1 is 1.05 bits per heavy atom. The number of methoxy groups -OCH3 is 1. The number of carbonyl (C=O) groups is 1. The summed E-state index contributed by atoms with van der Waals surface area (Å²) in [5.41, 5.74) is 7.80. The number of ether oxygens (including phenoxy) is 1. The lowest BCUT2D eigenvalue weighted by atomic mass is 10.1. The van der Waals surface area contributed by atoms with Gasteiger partial charge in [-0.3, -0.25) is 4.79 Å². The molecule has 0 aliphatic rings. The molecule has 0 bridgehead atoms. The van der Waals surface area contributed by atoms with Gasteiger partial charge in [-0.1, -0.05) is 18.2 Å². The van der Waals surface area contributed by atoms with Gasteiger partial charge < -0.3 is 10.5 Å². The lowest BCUT2D eigenvalue weighted by molar-refractivity contribution is 0.104. The summed E-state index contributed by atoms with van der Waals surface area (Å²) in [6, 6.07) is 14.4. The van der Waals surface area contributed by atoms with Crippen molar-refractivity contribution in [1.29, 1.82) is 0 Å². The van der Waals surface area contributed by atoms with E-state index in [1.807, 2.05) is 24.3 Å². The Morgan fingerprint density at radius 2 is 1.68 bits per heavy atom. The zero-order valence-corrected chi connectivity index (χ0v) is 10.7. The molecule has 0 spiro atoms. The van der Waals surface area contributed by atoms with Crippen molar-refractivity contribution in [3.8, 4) is 5.75 Å². The number of benzene rings is 2. The predicted molar refractivity (Wildman–Crippen MR) is 77.2 cm³/mol. The fourth-order valence-corrected chi connectivity index (χ4v) is 1.63. The van der Waals surface area contributed by atoms with Crippen LogP contribution in [0.15, 0.2) is 54.6 Å². The summed E-state index contributed by atoms with van der Waals surface area (Å²) < 4.78 is 5.07. The molecule has 3 nitrogen and oxygen atoms in total. The van der Waals surface area contributed by atoms with Crippen molar-refractivity contribution in [1.82, 2.24) is 0 Å². The molecule has 19 heavy (non-hydrogen) atoms. The number of carbonyl (C=O) groups excluding carboxylic acids is 1. The van der Waals surface area contributed by atoms with Gasteiger partial charge in [0, 0.05) is 11.3 Å². The SMILES string of the molecule is COc1ccc(/C=C\C(=O)c2ccc(N)cc2)cc1. The molecule has 0 saturated heterocycles. The van der Waals surface area contributed by atoms with E-state index in [2.05, 4.69) is 0 Å². The number of hydrogen-bond donors (Lipinski definition) is 1. The number of nitrogen functional groups attached to an aromatic ring is 1. The summed E-state index contributed by atoms with van der Waals surface area (Å²) in [4.78, 5) is 11.9. The van der Waals surface area contributed by atoms with Crippen molar-refractivity contribution in [3.63, 3.8) is 0 Å². The van der Waals surface area contributed by atoms with Crippen LogP contribution < -0.4 is 10.5 Å². The molecule has 0 saturated carbocycles. The number of hydrogen-bond acceptors (Lipinski definition) is 3. The topological polar surface area (TPSA) is 52.3 Å². The first-order chi connectivity index (χ1) is 9.19. The van der Waals surface area contributed by atoms with Crippen LogP contribution in [0.2, 0.25) is 0 Å². The zero-order chi connectivity index (χ0) is 13.7. The predicted octanol–water partition coefficient (Wildman–Crippen LogP) is 3.17. The normalized spacial score (nSPS) is 10.6. The van der Waals surface area contributed by atoms with E-state index in [1.165, 1.54) is 0 Å². The van der Waals surface area contributed by atoms with Gasteiger partial charge >= 0.3 is 0 Å². The van der Waals surface area contributed by atoms with Gasteiger partial charge in [0.2, 0.25) is 0 Å². The molecular formula is C16H15NO2. The van der Waals surface area contributed by atoms with Gasteiger partial charge in [0.1, 0.15) is 5.75 Å². The van der Waals surface area contributed by atoms with Gasteiger partial charge in [0.25, 0.3) is 0 Å². The Bertz CT molecular complexity index is 583. The van der Waals surface area contributed by atoms with Crippen LogP contribution in [0.3, 0.4) is 0 Å². The Hall–Kier alpha value is -2.55. The van der Waals surface area contributed by atoms with Gasteiger partial charge in [0.05, 0.1) is 7.11 Å². The number of rotatable bonds is 4. The maximum Gasteiger partial charge on any atom is 0.185 e. The second-order valence-corrected chi connectivity index (χ2v) is 4.09. The van der Waals surface area contributed by atoms with Crippen molar-refractivity contribution in [2.45, 2.75) is 0 Å². The highest BCUT2D eigenvalue weighted by atomic mass is 16.5. The van der Waals surface area contributed by atoms with E-state index >= 15 is 0 Å². The highest BCUT2D eigenvalue weighted by Gasteiger charge is 2.00. The molecule has 0 aromatic heterocycles. The number of nitrogens with two attached hydrogens (primary N) is 1. The minimum atomic E-state index is -0.0455. The maximum absolute atomic E-state index is 11.9. The van der Waals surface area contributed by atoms with Crippen molar-refractivity contribution in [3.05, 3.63) is 65.7 Å². The number of allylic oxidation sites excluding steroid dienone is 1. The Kier molecular flexibility index (Phi) is 3.98. The van der Waals surface area contributed by atoms with Gasteiger partial charge in [0.15, 0.2) is 5.78 Å². The third kappa shape index (κ3) is 3.45. The number of ketones is 1. The molecule has 0 fully saturated rings. The third-order valence-electron chi connectivity index (χ3n) is 2.74. The van der Waals surface area contributed by atoms with E-state index in [0.29, 0.717) is 11.3 Å². The highest BCUT2D eigenvalue weighted by Crippen LogP contribution is 2.13. The summed E-state index contributed by atoms with van der Waals surface area (Å²) in [6.07, 6.45) is 3.32. The Balaban J connectivity index is 2.08. The molecule has 0 atom stereocenters. The first-order valence-electron chi connectivity index (χ1n) is 5.91. The molecular weight excluding hydrogens is 238 g/mol. The molecule has 0 aliphatic carbocycles. The lowest BCUT2D eigenvalue weighted by Gasteiger charge is -1.99. The number of anilines is 1. The van der Waals surface area contributed by atoms with Crippen LogP contribution in [-0.4, -0.2) is 12.9 Å². The largest absolute Gasteiger partial charge is 0.497 e. The molecule has 3 heteroatoms. The van der Waals surface area contributed by atoms with E-state index < -0.39 is 0 Å². The van der Waals surface area contributed by atoms with Gasteiger partial charge in [-0.15, -0.1) is 0 Å². The summed E-state index contributed by atoms with van der Waals surface area (Å²) in [7, 11) is 1.62. The third-order valence-corrected chi connectivity index (χ3v) is 2.74. The molecule has 2 aromatic carbocycles. The van der Waals surface area contributed by atoms with Crippen LogP contribution in [0.25, 0.3) is 6.08 Å². The Labute approximate surface area is 112 Å². The summed E-state index contributed by atoms with van der Waals surface area (Å²) in [6.45, 7) is 0. The molecule has 2 rings (SSSR count). The fraction of sp³-hybridized carbons (Fsp3) is 0.0625. The quantitative estimate of drug-likeness (QED) is 0.517. The molecule has 0 amide bonds. The maximum atomic E-state index is 11.9. The molecule has 0 radical (unpaired) electrons. The van der Waals surface area contributed by atoms with Gasteiger partial charge in [-0.05, 0) is 48.0 Å². The molecule has 2 aromatic rings. The van der Waals surface area contributed by atoms with E-state index in [9.17, 15) is 4.79 Å². The highest BCUT2D eigenvalue weighted by molar-refractivity contribution is 6.06. The van der Waals surface area contributed by atoms with Crippen molar-refractivity contribution in [2.24, 2.45) is 0 Å². The minimum Gasteiger partial charge on any atom is -0.497 e. The molecule has 0 heterocycles. The molecule has 2 N–H and O–H groups in total. The van der Waals surface area contributed by atoms with E-state index in [4.69, 9.17) is 10.5 Å². The van der Waals surface area contributed by atoms with Crippen molar-refractivity contribution >= 4 is 17.5 Å². The Morgan fingerprint density at radius 3 is 2.26 bits per heavy atom. The van der Waals surface area contributed by atoms with Crippen LogP contribution in [0.5, 0.6) is 5.75 Å². The second kappa shape index (κ2) is 5.87. The average Bonchev–Trinajstić information content (AvgIpc) is 2.46. The lowest BCUT2D eigenvalue weighted by Crippen LogP contribution is -1.94. The van der Waals surface area contributed by atoms with Crippen LogP contribution in [-0.2, 0) is 0 Å². The van der Waals surface area contributed by atoms with Crippen molar-refractivity contribution in [2.75, 3.05) is 12.8 Å². The van der Waals surface area contributed by atoms with Crippen LogP contribution in [0, 0.1) is 0 Å². The summed E-state index contributed by atoms with van der Waals surface area (Å²) in [5.74, 6) is 0.748. The smallest absolute Gasteiger partial charge is 0.185 e. The molecule has 96 valence electrons. The molecule has 0 aliphatic heterocycles. The van der Waals surface area contributed by atoms with Crippen molar-refractivity contribution < 1.29 is 9.53 Å². The molecule has 0 unspecified atom stereocenters. The van der Waals surface area contributed by atoms with E-state index in [-0.39, 0.29) is 5.78 Å². The summed E-state index contributed by atoms with van der Waals surface area (Å²) >= 11 is 0. The first-order valence-corrected chi connectivity index (χ1v) is 5.91. The van der Waals surface area contributed by atoms with Crippen LogP contribution in [0.4, 0.5) is 5.69 Å². The van der Waals surface area contributed by atoms with Gasteiger partial charge in [-0.2, -0.15) is 0 Å². The first kappa shape index (κ1) is 12.9. The zero-order valence-electron chi connectivity index (χ0n) is 10.7. The van der Waals surface area contributed by atoms with Crippen LogP contribution >= 0.6 is 0 Å². The monoisotopic (exact) mass is 253 g/mol. The fourth-order valence-electron chi connectivity index (χ4n) is 1.63. The second-order valence-electron chi connectivity index (χ2n) is 4.09. The van der Waals surface area contributed by atoms with Crippen LogP contribution in [0.1, 0.15) is 15.9 Å².